The highest BCUT2D eigenvalue weighted by atomic mass is 15.1. The van der Waals surface area contributed by atoms with Crippen LogP contribution in [0.4, 0.5) is 0 Å². The molecule has 3 aromatic carbocycles. The Bertz CT molecular complexity index is 2230. The Morgan fingerprint density at radius 1 is 0.705 bits per heavy atom. The van der Waals surface area contributed by atoms with E-state index < -0.39 is 0 Å². The van der Waals surface area contributed by atoms with Crippen molar-refractivity contribution < 1.29 is 4.57 Å². The Morgan fingerprint density at radius 2 is 1.32 bits per heavy atom. The molecule has 0 fully saturated rings. The first-order valence-corrected chi connectivity index (χ1v) is 15.8. The molecular weight excluding hydrogens is 538 g/mol. The van der Waals surface area contributed by atoms with Crippen molar-refractivity contribution >= 4 is 49.0 Å². The minimum atomic E-state index is -0.212. The van der Waals surface area contributed by atoms with Gasteiger partial charge >= 0.3 is 0 Å². The SMILES string of the molecule is Cc1cc(CC(C)(C)C)c2cccc3c2c1c1c2c(cc[n+]1C)c1cccc(-c4nc(C(C)(C)C)nc(C(C)(C)C)n4)c1n32. The third-order valence-electron chi connectivity index (χ3n) is 8.91. The quantitative estimate of drug-likeness (QED) is 0.116. The smallest absolute Gasteiger partial charge is 0.238 e. The number of aromatic nitrogens is 5. The van der Waals surface area contributed by atoms with Crippen LogP contribution >= 0.6 is 0 Å². The number of para-hydroxylation sites is 1. The van der Waals surface area contributed by atoms with Gasteiger partial charge in [0, 0.05) is 38.6 Å². The van der Waals surface area contributed by atoms with Gasteiger partial charge in [0.2, 0.25) is 5.52 Å². The van der Waals surface area contributed by atoms with Crippen molar-refractivity contribution in [3.8, 4) is 11.4 Å². The summed E-state index contributed by atoms with van der Waals surface area (Å²) in [4.78, 5) is 15.3. The molecule has 0 spiro atoms. The summed E-state index contributed by atoms with van der Waals surface area (Å²) >= 11 is 0. The zero-order chi connectivity index (χ0) is 31.5. The van der Waals surface area contributed by atoms with E-state index in [0.717, 1.165) is 35.0 Å². The van der Waals surface area contributed by atoms with Gasteiger partial charge in [0.1, 0.15) is 24.2 Å². The van der Waals surface area contributed by atoms with Gasteiger partial charge in [0.25, 0.3) is 0 Å². The number of aryl methyl sites for hydroxylation is 2. The van der Waals surface area contributed by atoms with Crippen LogP contribution in [0.5, 0.6) is 0 Å². The summed E-state index contributed by atoms with van der Waals surface area (Å²) in [6, 6.07) is 18.2. The second-order valence-corrected chi connectivity index (χ2v) is 16.0. The summed E-state index contributed by atoms with van der Waals surface area (Å²) in [5.74, 6) is 2.38. The topological polar surface area (TPSA) is 47.0 Å². The largest absolute Gasteiger partial charge is 0.302 e. The molecule has 0 aliphatic rings. The molecule has 4 aromatic heterocycles. The van der Waals surface area contributed by atoms with E-state index in [1.54, 1.807) is 0 Å². The molecule has 5 nitrogen and oxygen atoms in total. The maximum atomic E-state index is 5.16. The number of hydrogen-bond acceptors (Lipinski definition) is 3. The Balaban J connectivity index is 1.72. The lowest BCUT2D eigenvalue weighted by Crippen LogP contribution is -2.29. The van der Waals surface area contributed by atoms with Crippen LogP contribution in [0, 0.1) is 12.3 Å². The van der Waals surface area contributed by atoms with Crippen molar-refractivity contribution in [3.63, 3.8) is 0 Å². The molecule has 4 heterocycles. The van der Waals surface area contributed by atoms with Crippen LogP contribution in [-0.4, -0.2) is 19.4 Å². The van der Waals surface area contributed by atoms with Crippen LogP contribution in [-0.2, 0) is 24.3 Å². The molecule has 5 heteroatoms. The van der Waals surface area contributed by atoms with Crippen LogP contribution in [0.25, 0.3) is 60.4 Å². The van der Waals surface area contributed by atoms with Crippen molar-refractivity contribution in [3.05, 3.63) is 77.5 Å². The lowest BCUT2D eigenvalue weighted by molar-refractivity contribution is -0.644. The monoisotopic (exact) mass is 582 g/mol. The Hall–Kier alpha value is -4.12. The number of fused-ring (bicyclic) bond motifs is 5. The molecule has 224 valence electrons. The van der Waals surface area contributed by atoms with Crippen LogP contribution in [0.1, 0.15) is 85.1 Å². The van der Waals surface area contributed by atoms with Crippen molar-refractivity contribution in [1.29, 1.82) is 0 Å². The highest BCUT2D eigenvalue weighted by molar-refractivity contribution is 6.27. The first kappa shape index (κ1) is 28.6. The molecule has 0 saturated carbocycles. The predicted molar refractivity (Wildman–Crippen MR) is 184 cm³/mol. The highest BCUT2D eigenvalue weighted by Gasteiger charge is 2.29. The summed E-state index contributed by atoms with van der Waals surface area (Å²) in [7, 11) is 2.18. The fourth-order valence-electron chi connectivity index (χ4n) is 6.96. The molecule has 0 unspecified atom stereocenters. The summed E-state index contributed by atoms with van der Waals surface area (Å²) in [6.07, 6.45) is 3.24. The number of benzene rings is 3. The average Bonchev–Trinajstić information content (AvgIpc) is 3.27. The lowest BCUT2D eigenvalue weighted by Gasteiger charge is -2.23. The lowest BCUT2D eigenvalue weighted by atomic mass is 9.84. The van der Waals surface area contributed by atoms with Crippen molar-refractivity contribution in [2.24, 2.45) is 12.5 Å². The maximum Gasteiger partial charge on any atom is 0.238 e. The number of hydrogen-bond donors (Lipinski definition) is 0. The molecule has 0 bridgehead atoms. The second-order valence-electron chi connectivity index (χ2n) is 16.0. The molecule has 0 amide bonds. The third-order valence-corrected chi connectivity index (χ3v) is 8.91. The van der Waals surface area contributed by atoms with Crippen LogP contribution in [0.2, 0.25) is 0 Å². The molecule has 0 aliphatic heterocycles. The van der Waals surface area contributed by atoms with Crippen molar-refractivity contribution in [2.45, 2.75) is 86.5 Å². The van der Waals surface area contributed by atoms with E-state index in [4.69, 9.17) is 15.0 Å². The first-order valence-electron chi connectivity index (χ1n) is 15.8. The maximum absolute atomic E-state index is 5.16. The molecule has 44 heavy (non-hydrogen) atoms. The van der Waals surface area contributed by atoms with Gasteiger partial charge in [-0.15, -0.1) is 0 Å². The first-order chi connectivity index (χ1) is 20.5. The Labute approximate surface area is 260 Å². The van der Waals surface area contributed by atoms with Crippen molar-refractivity contribution in [2.75, 3.05) is 0 Å². The zero-order valence-electron chi connectivity index (χ0n) is 28.1. The predicted octanol–water partition coefficient (Wildman–Crippen LogP) is 9.16. The molecule has 0 atom stereocenters. The van der Waals surface area contributed by atoms with E-state index in [9.17, 15) is 0 Å². The summed E-state index contributed by atoms with van der Waals surface area (Å²) < 4.78 is 4.80. The summed E-state index contributed by atoms with van der Waals surface area (Å²) in [6.45, 7) is 22.3. The molecule has 0 radical (unpaired) electrons. The van der Waals surface area contributed by atoms with E-state index >= 15 is 0 Å². The van der Waals surface area contributed by atoms with Gasteiger partial charge in [-0.1, -0.05) is 92.6 Å². The van der Waals surface area contributed by atoms with Gasteiger partial charge in [-0.25, -0.2) is 15.0 Å². The fraction of sp³-hybridized carbons (Fsp3) is 0.385. The van der Waals surface area contributed by atoms with E-state index in [-0.39, 0.29) is 16.2 Å². The zero-order valence-corrected chi connectivity index (χ0v) is 28.1. The minimum Gasteiger partial charge on any atom is -0.302 e. The van der Waals surface area contributed by atoms with E-state index in [1.807, 2.05) is 0 Å². The standard InChI is InChI=1S/C39H44N5/c1-22-20-23(21-37(2,3)4)24-14-13-17-28-30(24)29(22)33-32-26(18-19-43(33)11)25-15-12-16-27(31(25)44(28)32)34-40-35(38(5,6)7)42-36(41-34)39(8,9)10/h12-20H,21H2,1-11H3/q+1. The second kappa shape index (κ2) is 9.20. The van der Waals surface area contributed by atoms with Gasteiger partial charge < -0.3 is 4.40 Å². The molecule has 0 aliphatic carbocycles. The molecule has 7 aromatic rings. The Kier molecular flexibility index (Phi) is 5.99. The fourth-order valence-corrected chi connectivity index (χ4v) is 6.96. The normalized spacial score (nSPS) is 13.4. The van der Waals surface area contributed by atoms with Gasteiger partial charge in [0.15, 0.2) is 12.0 Å². The van der Waals surface area contributed by atoms with E-state index in [1.165, 1.54) is 54.6 Å². The number of pyridine rings is 2. The summed E-state index contributed by atoms with van der Waals surface area (Å²) in [5, 5.41) is 6.47. The van der Waals surface area contributed by atoms with Crippen LogP contribution in [0.15, 0.2) is 54.7 Å². The average molecular weight is 583 g/mol. The van der Waals surface area contributed by atoms with Crippen LogP contribution < -0.4 is 4.57 Å². The molecule has 7 rings (SSSR count). The van der Waals surface area contributed by atoms with Gasteiger partial charge in [0.05, 0.1) is 16.4 Å². The van der Waals surface area contributed by atoms with Crippen LogP contribution in [0.3, 0.4) is 0 Å². The molecule has 0 N–H and O–H groups in total. The molecular formula is C39H44N5+. The van der Waals surface area contributed by atoms with Gasteiger partial charge in [-0.3, -0.25) is 0 Å². The van der Waals surface area contributed by atoms with Crippen molar-refractivity contribution in [1.82, 2.24) is 19.4 Å². The van der Waals surface area contributed by atoms with E-state index in [0.29, 0.717) is 0 Å². The van der Waals surface area contributed by atoms with E-state index in [2.05, 4.69) is 140 Å². The highest BCUT2D eigenvalue weighted by Crippen LogP contribution is 2.44. The van der Waals surface area contributed by atoms with Gasteiger partial charge in [-0.2, -0.15) is 4.57 Å². The third kappa shape index (κ3) is 4.27. The minimum absolute atomic E-state index is 0.179. The summed E-state index contributed by atoms with van der Waals surface area (Å²) in [5.41, 5.74) is 8.40. The van der Waals surface area contributed by atoms with Gasteiger partial charge in [-0.05, 0) is 47.4 Å². The number of nitrogens with zero attached hydrogens (tertiary/aromatic N) is 5. The molecule has 0 saturated heterocycles. The Morgan fingerprint density at radius 3 is 1.95 bits per heavy atom. The number of rotatable bonds is 2.